The van der Waals surface area contributed by atoms with Gasteiger partial charge in [0.15, 0.2) is 0 Å². The Morgan fingerprint density at radius 2 is 1.71 bits per heavy atom. The number of halogens is 3. The van der Waals surface area contributed by atoms with E-state index in [9.17, 15) is 18.0 Å². The molecule has 110 valence electrons. The molecular weight excluding hydrogens is 285 g/mol. The summed E-state index contributed by atoms with van der Waals surface area (Å²) in [6, 6.07) is 8.52. The summed E-state index contributed by atoms with van der Waals surface area (Å²) in [4.78, 5) is 10.8. The molecule has 4 nitrogen and oxygen atoms in total. The van der Waals surface area contributed by atoms with Gasteiger partial charge < -0.3 is 16.2 Å². The lowest BCUT2D eigenvalue weighted by Crippen LogP contribution is -2.05. The SMILES string of the molecule is Nc1cc(C(=O)O)ccc1Nc1ccc(C(F)(F)F)cc1. The number of hydrogen-bond donors (Lipinski definition) is 3. The highest BCUT2D eigenvalue weighted by Crippen LogP contribution is 2.31. The first-order valence-corrected chi connectivity index (χ1v) is 5.84. The van der Waals surface area contributed by atoms with Crippen molar-refractivity contribution in [1.29, 1.82) is 0 Å². The molecule has 21 heavy (non-hydrogen) atoms. The Morgan fingerprint density at radius 1 is 1.10 bits per heavy atom. The number of nitrogen functional groups attached to an aromatic ring is 1. The van der Waals surface area contributed by atoms with Crippen LogP contribution in [0, 0.1) is 0 Å². The van der Waals surface area contributed by atoms with E-state index in [2.05, 4.69) is 5.32 Å². The van der Waals surface area contributed by atoms with Gasteiger partial charge in [-0.15, -0.1) is 0 Å². The molecular formula is C14H11F3N2O2. The summed E-state index contributed by atoms with van der Waals surface area (Å²) in [5.41, 5.74) is 6.01. The van der Waals surface area contributed by atoms with Crippen molar-refractivity contribution in [1.82, 2.24) is 0 Å². The molecule has 2 aromatic rings. The highest BCUT2D eigenvalue weighted by Gasteiger charge is 2.29. The van der Waals surface area contributed by atoms with E-state index in [0.29, 0.717) is 11.4 Å². The van der Waals surface area contributed by atoms with Crippen molar-refractivity contribution in [3.63, 3.8) is 0 Å². The number of nitrogens with two attached hydrogens (primary N) is 1. The second-order valence-electron chi connectivity index (χ2n) is 4.31. The van der Waals surface area contributed by atoms with E-state index in [1.165, 1.54) is 30.3 Å². The lowest BCUT2D eigenvalue weighted by molar-refractivity contribution is -0.137. The minimum atomic E-state index is -4.39. The Morgan fingerprint density at radius 3 is 2.19 bits per heavy atom. The van der Waals surface area contributed by atoms with Crippen molar-refractivity contribution < 1.29 is 23.1 Å². The zero-order valence-corrected chi connectivity index (χ0v) is 10.6. The molecule has 0 aromatic heterocycles. The minimum Gasteiger partial charge on any atom is -0.478 e. The third-order valence-electron chi connectivity index (χ3n) is 2.79. The van der Waals surface area contributed by atoms with Crippen LogP contribution in [0.3, 0.4) is 0 Å². The summed E-state index contributed by atoms with van der Waals surface area (Å²) in [5, 5.41) is 11.6. The van der Waals surface area contributed by atoms with Crippen molar-refractivity contribution in [2.24, 2.45) is 0 Å². The van der Waals surface area contributed by atoms with Crippen LogP contribution in [0.1, 0.15) is 15.9 Å². The predicted molar refractivity (Wildman–Crippen MR) is 72.5 cm³/mol. The molecule has 0 aliphatic carbocycles. The highest BCUT2D eigenvalue weighted by molar-refractivity contribution is 5.90. The number of aromatic carboxylic acids is 1. The van der Waals surface area contributed by atoms with Crippen molar-refractivity contribution in [2.45, 2.75) is 6.18 Å². The van der Waals surface area contributed by atoms with Crippen LogP contribution < -0.4 is 11.1 Å². The molecule has 0 heterocycles. The van der Waals surface area contributed by atoms with Crippen molar-refractivity contribution >= 4 is 23.0 Å². The van der Waals surface area contributed by atoms with Gasteiger partial charge in [0, 0.05) is 5.69 Å². The Balaban J connectivity index is 2.20. The number of hydrogen-bond acceptors (Lipinski definition) is 3. The average molecular weight is 296 g/mol. The van der Waals surface area contributed by atoms with Crippen LogP contribution in [0.15, 0.2) is 42.5 Å². The molecule has 0 spiro atoms. The molecule has 0 atom stereocenters. The second-order valence-corrected chi connectivity index (χ2v) is 4.31. The summed E-state index contributed by atoms with van der Waals surface area (Å²) in [7, 11) is 0. The van der Waals surface area contributed by atoms with Crippen LogP contribution in [-0.2, 0) is 6.18 Å². The number of carboxylic acid groups (broad SMARTS) is 1. The summed E-state index contributed by atoms with van der Waals surface area (Å²) in [6.45, 7) is 0. The largest absolute Gasteiger partial charge is 0.478 e. The van der Waals surface area contributed by atoms with Gasteiger partial charge in [-0.1, -0.05) is 0 Å². The normalized spacial score (nSPS) is 11.2. The third kappa shape index (κ3) is 3.44. The Kier molecular flexibility index (Phi) is 3.75. The number of rotatable bonds is 3. The van der Waals surface area contributed by atoms with Crippen LogP contribution in [0.2, 0.25) is 0 Å². The predicted octanol–water partition coefficient (Wildman–Crippen LogP) is 3.73. The van der Waals surface area contributed by atoms with E-state index in [1.807, 2.05) is 0 Å². The Bertz CT molecular complexity index is 667. The van der Waals surface area contributed by atoms with E-state index in [0.717, 1.165) is 12.1 Å². The quantitative estimate of drug-likeness (QED) is 0.754. The van der Waals surface area contributed by atoms with Crippen LogP contribution >= 0.6 is 0 Å². The van der Waals surface area contributed by atoms with Gasteiger partial charge >= 0.3 is 12.1 Å². The molecule has 2 aromatic carbocycles. The van der Waals surface area contributed by atoms with Crippen molar-refractivity contribution in [2.75, 3.05) is 11.1 Å². The van der Waals surface area contributed by atoms with Crippen LogP contribution in [0.25, 0.3) is 0 Å². The summed E-state index contributed by atoms with van der Waals surface area (Å²) in [5.74, 6) is -1.11. The molecule has 0 radical (unpaired) electrons. The number of alkyl halides is 3. The van der Waals surface area contributed by atoms with Crippen LogP contribution in [0.5, 0.6) is 0 Å². The van der Waals surface area contributed by atoms with Gasteiger partial charge in [0.25, 0.3) is 0 Å². The Labute approximate surface area is 118 Å². The molecule has 0 unspecified atom stereocenters. The Hall–Kier alpha value is -2.70. The molecule has 2 rings (SSSR count). The van der Waals surface area contributed by atoms with Gasteiger partial charge in [-0.2, -0.15) is 13.2 Å². The lowest BCUT2D eigenvalue weighted by atomic mass is 10.1. The molecule has 0 saturated carbocycles. The monoisotopic (exact) mass is 296 g/mol. The molecule has 0 aliphatic heterocycles. The summed E-state index contributed by atoms with van der Waals surface area (Å²) in [6.07, 6.45) is -4.39. The third-order valence-corrected chi connectivity index (χ3v) is 2.79. The summed E-state index contributed by atoms with van der Waals surface area (Å²) >= 11 is 0. The molecule has 0 bridgehead atoms. The van der Waals surface area contributed by atoms with Gasteiger partial charge in [-0.3, -0.25) is 0 Å². The zero-order chi connectivity index (χ0) is 15.6. The average Bonchev–Trinajstić information content (AvgIpc) is 2.40. The van der Waals surface area contributed by atoms with Gasteiger partial charge in [0.1, 0.15) is 0 Å². The fourth-order valence-corrected chi connectivity index (χ4v) is 1.71. The fraction of sp³-hybridized carbons (Fsp3) is 0.0714. The standard InChI is InChI=1S/C14H11F3N2O2/c15-14(16,17)9-2-4-10(5-3-9)19-12-6-1-8(13(20)21)7-11(12)18/h1-7,19H,18H2,(H,20,21). The zero-order valence-electron chi connectivity index (χ0n) is 10.6. The van der Waals surface area contributed by atoms with Crippen molar-refractivity contribution in [3.8, 4) is 0 Å². The van der Waals surface area contributed by atoms with Gasteiger partial charge in [-0.25, -0.2) is 4.79 Å². The summed E-state index contributed by atoms with van der Waals surface area (Å²) < 4.78 is 37.3. The molecule has 0 fully saturated rings. The van der Waals surface area contributed by atoms with E-state index < -0.39 is 17.7 Å². The number of benzene rings is 2. The maximum absolute atomic E-state index is 12.4. The van der Waals surface area contributed by atoms with Gasteiger partial charge in [-0.05, 0) is 42.5 Å². The number of anilines is 3. The van der Waals surface area contributed by atoms with Crippen LogP contribution in [-0.4, -0.2) is 11.1 Å². The number of carboxylic acids is 1. The maximum atomic E-state index is 12.4. The van der Waals surface area contributed by atoms with E-state index in [1.54, 1.807) is 0 Å². The van der Waals surface area contributed by atoms with Gasteiger partial charge in [0.05, 0.1) is 22.5 Å². The van der Waals surface area contributed by atoms with E-state index in [4.69, 9.17) is 10.8 Å². The molecule has 7 heteroatoms. The van der Waals surface area contributed by atoms with Gasteiger partial charge in [0.2, 0.25) is 0 Å². The minimum absolute atomic E-state index is 0.0328. The van der Waals surface area contributed by atoms with Crippen molar-refractivity contribution in [3.05, 3.63) is 53.6 Å². The lowest BCUT2D eigenvalue weighted by Gasteiger charge is -2.11. The second kappa shape index (κ2) is 5.35. The first-order valence-electron chi connectivity index (χ1n) is 5.84. The number of carbonyl (C=O) groups is 1. The maximum Gasteiger partial charge on any atom is 0.416 e. The molecule has 0 saturated heterocycles. The molecule has 0 aliphatic rings. The van der Waals surface area contributed by atoms with E-state index >= 15 is 0 Å². The topological polar surface area (TPSA) is 75.4 Å². The first-order chi connectivity index (χ1) is 9.77. The fourth-order valence-electron chi connectivity index (χ4n) is 1.71. The highest BCUT2D eigenvalue weighted by atomic mass is 19.4. The molecule has 4 N–H and O–H groups in total. The first kappa shape index (κ1) is 14.7. The smallest absolute Gasteiger partial charge is 0.416 e. The number of nitrogens with one attached hydrogen (secondary N) is 1. The van der Waals surface area contributed by atoms with Crippen LogP contribution in [0.4, 0.5) is 30.2 Å². The van der Waals surface area contributed by atoms with E-state index in [-0.39, 0.29) is 11.3 Å². The molecule has 0 amide bonds.